The van der Waals surface area contributed by atoms with Crippen LogP contribution in [0, 0.1) is 13.8 Å². The van der Waals surface area contributed by atoms with Gasteiger partial charge in [0.15, 0.2) is 0 Å². The van der Waals surface area contributed by atoms with Gasteiger partial charge in [-0.25, -0.2) is 4.98 Å². The predicted octanol–water partition coefficient (Wildman–Crippen LogP) is 3.11. The van der Waals surface area contributed by atoms with E-state index in [0.29, 0.717) is 13.0 Å². The number of fused-ring (bicyclic) bond motifs is 3. The van der Waals surface area contributed by atoms with Crippen molar-refractivity contribution in [3.8, 4) is 5.75 Å². The third-order valence-corrected chi connectivity index (χ3v) is 4.82. The molecule has 0 bridgehead atoms. The minimum atomic E-state index is -0.0927. The molecule has 4 rings (SSSR count). The summed E-state index contributed by atoms with van der Waals surface area (Å²) < 4.78 is 7.74. The molecule has 1 atom stereocenters. The van der Waals surface area contributed by atoms with Crippen LogP contribution in [0.15, 0.2) is 36.5 Å². The van der Waals surface area contributed by atoms with Crippen molar-refractivity contribution in [3.05, 3.63) is 64.6 Å². The van der Waals surface area contributed by atoms with Crippen LogP contribution in [0.4, 0.5) is 0 Å². The van der Waals surface area contributed by atoms with Crippen LogP contribution in [0.25, 0.3) is 5.65 Å². The summed E-state index contributed by atoms with van der Waals surface area (Å²) in [5.74, 6) is 0.755. The van der Waals surface area contributed by atoms with Gasteiger partial charge in [0.2, 0.25) is 5.91 Å². The molecule has 0 saturated carbocycles. The standard InChI is InChI=1S/C20H21N3O2/c1-12-4-6-14(17(8-12)25-3)15-9-19(24)21-10-16-20(15)23-11-13(2)5-7-18(23)22-16/h4-8,11,15H,9-10H2,1-3H3,(H,21,24)/t15-/m0/s1. The number of hydrogen-bond acceptors (Lipinski definition) is 3. The molecule has 0 unspecified atom stereocenters. The molecule has 0 spiro atoms. The number of nitrogens with one attached hydrogen (secondary N) is 1. The Bertz CT molecular complexity index is 974. The number of carbonyl (C=O) groups excluding carboxylic acids is 1. The number of amides is 1. The molecule has 0 radical (unpaired) electrons. The van der Waals surface area contributed by atoms with Crippen LogP contribution in [-0.2, 0) is 11.3 Å². The highest BCUT2D eigenvalue weighted by atomic mass is 16.5. The number of pyridine rings is 1. The molecular weight excluding hydrogens is 314 g/mol. The van der Waals surface area contributed by atoms with Gasteiger partial charge in [-0.1, -0.05) is 18.2 Å². The smallest absolute Gasteiger partial charge is 0.221 e. The lowest BCUT2D eigenvalue weighted by atomic mass is 9.90. The normalized spacial score (nSPS) is 17.1. The summed E-state index contributed by atoms with van der Waals surface area (Å²) in [6, 6.07) is 10.2. The molecule has 0 aliphatic carbocycles. The average Bonchev–Trinajstić information content (AvgIpc) is 2.86. The summed E-state index contributed by atoms with van der Waals surface area (Å²) in [6.07, 6.45) is 2.47. The Kier molecular flexibility index (Phi) is 3.71. The van der Waals surface area contributed by atoms with E-state index in [4.69, 9.17) is 9.72 Å². The number of hydrogen-bond donors (Lipinski definition) is 1. The Balaban J connectivity index is 1.98. The van der Waals surface area contributed by atoms with E-state index in [9.17, 15) is 4.79 Å². The van der Waals surface area contributed by atoms with Gasteiger partial charge < -0.3 is 14.5 Å². The second-order valence-electron chi connectivity index (χ2n) is 6.66. The number of rotatable bonds is 2. The highest BCUT2D eigenvalue weighted by molar-refractivity contribution is 5.78. The van der Waals surface area contributed by atoms with Crippen molar-refractivity contribution in [2.75, 3.05) is 7.11 Å². The van der Waals surface area contributed by atoms with Crippen LogP contribution in [0.3, 0.4) is 0 Å². The van der Waals surface area contributed by atoms with Crippen LogP contribution in [-0.4, -0.2) is 22.4 Å². The Labute approximate surface area is 146 Å². The van der Waals surface area contributed by atoms with Gasteiger partial charge in [0.1, 0.15) is 11.4 Å². The van der Waals surface area contributed by atoms with Crippen molar-refractivity contribution < 1.29 is 9.53 Å². The second kappa shape index (κ2) is 5.92. The average molecular weight is 335 g/mol. The molecule has 1 amide bonds. The fourth-order valence-corrected chi connectivity index (χ4v) is 3.62. The third-order valence-electron chi connectivity index (χ3n) is 4.82. The summed E-state index contributed by atoms with van der Waals surface area (Å²) in [5, 5.41) is 2.97. The largest absolute Gasteiger partial charge is 0.496 e. The van der Waals surface area contributed by atoms with E-state index in [2.05, 4.69) is 41.0 Å². The first kappa shape index (κ1) is 15.7. The maximum Gasteiger partial charge on any atom is 0.221 e. The highest BCUT2D eigenvalue weighted by Gasteiger charge is 2.30. The first-order valence-electron chi connectivity index (χ1n) is 8.45. The zero-order valence-electron chi connectivity index (χ0n) is 14.7. The quantitative estimate of drug-likeness (QED) is 0.783. The number of nitrogens with zero attached hydrogens (tertiary/aromatic N) is 2. The molecule has 25 heavy (non-hydrogen) atoms. The number of benzene rings is 1. The van der Waals surface area contributed by atoms with E-state index < -0.39 is 0 Å². The molecule has 2 aromatic heterocycles. The Morgan fingerprint density at radius 2 is 2.00 bits per heavy atom. The van der Waals surface area contributed by atoms with Crippen LogP contribution in [0.5, 0.6) is 5.75 Å². The van der Waals surface area contributed by atoms with Gasteiger partial charge in [0.25, 0.3) is 0 Å². The van der Waals surface area contributed by atoms with Gasteiger partial charge in [-0.05, 0) is 37.1 Å². The van der Waals surface area contributed by atoms with Crippen LogP contribution >= 0.6 is 0 Å². The molecule has 1 aliphatic heterocycles. The maximum atomic E-state index is 12.3. The number of ether oxygens (including phenoxy) is 1. The maximum absolute atomic E-state index is 12.3. The number of aryl methyl sites for hydroxylation is 2. The molecule has 5 heteroatoms. The summed E-state index contributed by atoms with van der Waals surface area (Å²) in [7, 11) is 1.68. The van der Waals surface area contributed by atoms with E-state index in [1.54, 1.807) is 7.11 Å². The monoisotopic (exact) mass is 335 g/mol. The van der Waals surface area contributed by atoms with Gasteiger partial charge in [-0.3, -0.25) is 4.79 Å². The fraction of sp³-hybridized carbons (Fsp3) is 0.300. The van der Waals surface area contributed by atoms with Gasteiger partial charge >= 0.3 is 0 Å². The number of carbonyl (C=O) groups is 1. The SMILES string of the molecule is COc1cc(C)ccc1[C@@H]1CC(=O)NCc2nc3ccc(C)cn3c21. The fourth-order valence-electron chi connectivity index (χ4n) is 3.62. The third kappa shape index (κ3) is 2.65. The van der Waals surface area contributed by atoms with Crippen molar-refractivity contribution in [1.82, 2.24) is 14.7 Å². The van der Waals surface area contributed by atoms with Crippen LogP contribution < -0.4 is 10.1 Å². The van der Waals surface area contributed by atoms with Gasteiger partial charge in [-0.2, -0.15) is 0 Å². The van der Waals surface area contributed by atoms with Crippen molar-refractivity contribution in [2.45, 2.75) is 32.7 Å². The van der Waals surface area contributed by atoms with Gasteiger partial charge in [-0.15, -0.1) is 0 Å². The minimum absolute atomic E-state index is 0.0343. The summed E-state index contributed by atoms with van der Waals surface area (Å²) >= 11 is 0. The second-order valence-corrected chi connectivity index (χ2v) is 6.66. The Hall–Kier alpha value is -2.82. The summed E-state index contributed by atoms with van der Waals surface area (Å²) in [5.41, 5.74) is 6.21. The van der Waals surface area contributed by atoms with E-state index in [0.717, 1.165) is 39.5 Å². The zero-order chi connectivity index (χ0) is 17.6. The lowest BCUT2D eigenvalue weighted by molar-refractivity contribution is -0.121. The molecule has 3 aromatic rings. The van der Waals surface area contributed by atoms with Crippen LogP contribution in [0.1, 0.15) is 40.4 Å². The first-order chi connectivity index (χ1) is 12.1. The molecular formula is C20H21N3O2. The first-order valence-corrected chi connectivity index (χ1v) is 8.45. The Morgan fingerprint density at radius 3 is 2.80 bits per heavy atom. The molecule has 3 heterocycles. The van der Waals surface area contributed by atoms with E-state index >= 15 is 0 Å². The van der Waals surface area contributed by atoms with E-state index in [1.165, 1.54) is 0 Å². The molecule has 0 fully saturated rings. The predicted molar refractivity (Wildman–Crippen MR) is 96.0 cm³/mol. The molecule has 0 saturated heterocycles. The van der Waals surface area contributed by atoms with Crippen molar-refractivity contribution >= 4 is 11.6 Å². The lowest BCUT2D eigenvalue weighted by Crippen LogP contribution is -2.21. The lowest BCUT2D eigenvalue weighted by Gasteiger charge is -2.19. The highest BCUT2D eigenvalue weighted by Crippen LogP contribution is 2.38. The van der Waals surface area contributed by atoms with Crippen molar-refractivity contribution in [1.29, 1.82) is 0 Å². The number of aromatic nitrogens is 2. The van der Waals surface area contributed by atoms with Gasteiger partial charge in [0.05, 0.1) is 25.0 Å². The number of methoxy groups -OCH3 is 1. The van der Waals surface area contributed by atoms with Crippen LogP contribution in [0.2, 0.25) is 0 Å². The topological polar surface area (TPSA) is 55.6 Å². The van der Waals surface area contributed by atoms with Gasteiger partial charge in [0, 0.05) is 24.1 Å². The molecule has 5 nitrogen and oxygen atoms in total. The van der Waals surface area contributed by atoms with E-state index in [1.807, 2.05) is 19.1 Å². The molecule has 128 valence electrons. The molecule has 1 aliphatic rings. The number of imidazole rings is 1. The minimum Gasteiger partial charge on any atom is -0.496 e. The Morgan fingerprint density at radius 1 is 1.20 bits per heavy atom. The molecule has 1 N–H and O–H groups in total. The summed E-state index contributed by atoms with van der Waals surface area (Å²) in [6.45, 7) is 4.56. The summed E-state index contributed by atoms with van der Waals surface area (Å²) in [4.78, 5) is 17.1. The zero-order valence-corrected chi connectivity index (χ0v) is 14.7. The molecule has 1 aromatic carbocycles. The van der Waals surface area contributed by atoms with Crippen molar-refractivity contribution in [2.24, 2.45) is 0 Å². The van der Waals surface area contributed by atoms with E-state index in [-0.39, 0.29) is 11.8 Å². The van der Waals surface area contributed by atoms with Crippen molar-refractivity contribution in [3.63, 3.8) is 0 Å².